The van der Waals surface area contributed by atoms with Crippen LogP contribution in [0, 0.1) is 17.0 Å². The Hall–Kier alpha value is -4.27. The van der Waals surface area contributed by atoms with Gasteiger partial charge in [-0.3, -0.25) is 9.52 Å². The number of aromatic nitrogens is 3. The lowest BCUT2D eigenvalue weighted by Gasteiger charge is -2.55. The maximum Gasteiger partial charge on any atom is 0.258 e. The summed E-state index contributed by atoms with van der Waals surface area (Å²) in [6, 6.07) is 9.21. The maximum absolute atomic E-state index is 13.8. The summed E-state index contributed by atoms with van der Waals surface area (Å²) in [5.41, 5.74) is 1.85. The number of hydrogen-bond acceptors (Lipinski definition) is 8. The minimum Gasteiger partial charge on any atom is -0.485 e. The summed E-state index contributed by atoms with van der Waals surface area (Å²) in [5, 5.41) is 7.15. The Morgan fingerprint density at radius 3 is 2.47 bits per heavy atom. The molecule has 11 nitrogen and oxygen atoms in total. The summed E-state index contributed by atoms with van der Waals surface area (Å²) >= 11 is 6.10. The van der Waals surface area contributed by atoms with E-state index in [0.717, 1.165) is 31.1 Å². The molecular formula is C28H25ClF2N6O5S. The highest BCUT2D eigenvalue weighted by atomic mass is 35.5. The molecule has 0 unspecified atom stereocenters. The third-order valence-corrected chi connectivity index (χ3v) is 7.71. The van der Waals surface area contributed by atoms with Gasteiger partial charge in [0.15, 0.2) is 11.6 Å². The van der Waals surface area contributed by atoms with E-state index in [1.165, 1.54) is 47.4 Å². The van der Waals surface area contributed by atoms with E-state index in [-0.39, 0.29) is 51.1 Å². The number of nitrogens with one attached hydrogen (secondary N) is 2. The summed E-state index contributed by atoms with van der Waals surface area (Å²) < 4.78 is 65.8. The predicted octanol–water partition coefficient (Wildman–Crippen LogP) is 4.24. The molecule has 0 radical (unpaired) electrons. The molecule has 0 saturated carbocycles. The van der Waals surface area contributed by atoms with Crippen LogP contribution in [0.15, 0.2) is 61.1 Å². The van der Waals surface area contributed by atoms with Crippen LogP contribution in [-0.2, 0) is 21.4 Å². The molecule has 0 bridgehead atoms. The molecule has 15 heteroatoms. The van der Waals surface area contributed by atoms with E-state index in [9.17, 15) is 22.0 Å². The first kappa shape index (κ1) is 28.8. The van der Waals surface area contributed by atoms with Crippen LogP contribution in [-0.4, -0.2) is 61.6 Å². The fourth-order valence-electron chi connectivity index (χ4n) is 4.95. The Bertz CT molecular complexity index is 1800. The van der Waals surface area contributed by atoms with Gasteiger partial charge in [-0.15, -0.1) is 0 Å². The number of pyridine rings is 1. The van der Waals surface area contributed by atoms with Gasteiger partial charge in [-0.05, 0) is 35.9 Å². The Morgan fingerprint density at radius 1 is 1.07 bits per heavy atom. The average Bonchev–Trinajstić information content (AvgIpc) is 3.34. The smallest absolute Gasteiger partial charge is 0.258 e. The number of halogens is 3. The maximum atomic E-state index is 13.8. The Morgan fingerprint density at radius 2 is 1.79 bits per heavy atom. The van der Waals surface area contributed by atoms with Crippen molar-refractivity contribution in [3.8, 4) is 11.6 Å². The topological polar surface area (TPSA) is 128 Å². The van der Waals surface area contributed by atoms with Crippen molar-refractivity contribution in [1.29, 1.82) is 0 Å². The minimum absolute atomic E-state index is 0.141. The van der Waals surface area contributed by atoms with E-state index in [1.807, 2.05) is 0 Å². The fourth-order valence-corrected chi connectivity index (χ4v) is 5.73. The molecule has 2 aliphatic rings. The number of carbonyl (C=O) groups is 1. The van der Waals surface area contributed by atoms with Crippen LogP contribution < -0.4 is 19.7 Å². The zero-order valence-corrected chi connectivity index (χ0v) is 24.3. The monoisotopic (exact) mass is 630 g/mol. The van der Waals surface area contributed by atoms with Gasteiger partial charge < -0.3 is 19.7 Å². The van der Waals surface area contributed by atoms with Crippen LogP contribution in [0.5, 0.6) is 5.75 Å². The normalized spacial score (nSPS) is 15.5. The number of amides is 1. The van der Waals surface area contributed by atoms with Crippen LogP contribution >= 0.6 is 11.6 Å². The van der Waals surface area contributed by atoms with E-state index in [1.54, 1.807) is 12.3 Å². The highest BCUT2D eigenvalue weighted by Gasteiger charge is 2.49. The standard InChI is InChI=1S/C28H25ClF2N6O5S/c1-43(39,40)35-23-5-19(29)4-22(7-23)34-27(38)18-9-33-37(11-18)26-25(42-12-17-2-20(30)6-21(31)3-17)8-24(10-32-26)36-13-28(14-36)15-41-16-28/h2-11,35H,12-16H2,1H3,(H,34,38). The highest BCUT2D eigenvalue weighted by molar-refractivity contribution is 7.92. The second-order valence-electron chi connectivity index (χ2n) is 10.7. The first-order chi connectivity index (χ1) is 20.4. The molecule has 2 aromatic carbocycles. The van der Waals surface area contributed by atoms with Crippen molar-refractivity contribution in [3.05, 3.63) is 88.8 Å². The van der Waals surface area contributed by atoms with Gasteiger partial charge in [-0.1, -0.05) is 11.6 Å². The predicted molar refractivity (Wildman–Crippen MR) is 155 cm³/mol. The third kappa shape index (κ3) is 6.55. The number of anilines is 3. The van der Waals surface area contributed by atoms with Crippen molar-refractivity contribution in [2.45, 2.75) is 6.61 Å². The molecule has 0 aliphatic carbocycles. The summed E-state index contributed by atoms with van der Waals surface area (Å²) in [6.07, 6.45) is 5.43. The third-order valence-electron chi connectivity index (χ3n) is 6.89. The Balaban J connectivity index is 1.24. The largest absolute Gasteiger partial charge is 0.485 e. The fraction of sp³-hybridized carbons (Fsp3) is 0.250. The SMILES string of the molecule is CS(=O)(=O)Nc1cc(Cl)cc(NC(=O)c2cnn(-c3ncc(N4CC5(COC5)C4)cc3OCc3cc(F)cc(F)c3)c2)c1. The average molecular weight is 631 g/mol. The summed E-state index contributed by atoms with van der Waals surface area (Å²) in [6.45, 7) is 2.90. The molecular weight excluding hydrogens is 606 g/mol. The first-order valence-electron chi connectivity index (χ1n) is 13.0. The van der Waals surface area contributed by atoms with Crippen LogP contribution in [0.2, 0.25) is 5.02 Å². The second kappa shape index (κ2) is 11.1. The number of carbonyl (C=O) groups excluding carboxylic acids is 1. The van der Waals surface area contributed by atoms with Crippen molar-refractivity contribution < 1.29 is 31.5 Å². The molecule has 4 aromatic rings. The molecule has 2 N–H and O–H groups in total. The van der Waals surface area contributed by atoms with E-state index in [0.29, 0.717) is 13.2 Å². The van der Waals surface area contributed by atoms with Crippen LogP contribution in [0.25, 0.3) is 5.82 Å². The van der Waals surface area contributed by atoms with Crippen molar-refractivity contribution >= 4 is 44.6 Å². The molecule has 0 atom stereocenters. The number of hydrogen-bond donors (Lipinski definition) is 2. The molecule has 1 amide bonds. The van der Waals surface area contributed by atoms with Gasteiger partial charge in [-0.2, -0.15) is 5.10 Å². The van der Waals surface area contributed by atoms with Crippen molar-refractivity contribution in [1.82, 2.24) is 14.8 Å². The Labute approximate surface area is 250 Å². The molecule has 43 heavy (non-hydrogen) atoms. The molecule has 2 saturated heterocycles. The van der Waals surface area contributed by atoms with E-state index in [2.05, 4.69) is 25.0 Å². The van der Waals surface area contributed by atoms with Gasteiger partial charge >= 0.3 is 0 Å². The zero-order valence-electron chi connectivity index (χ0n) is 22.7. The molecule has 224 valence electrons. The molecule has 2 aliphatic heterocycles. The van der Waals surface area contributed by atoms with Crippen molar-refractivity contribution in [2.75, 3.05) is 47.5 Å². The van der Waals surface area contributed by atoms with Gasteiger partial charge in [-0.25, -0.2) is 26.9 Å². The second-order valence-corrected chi connectivity index (χ2v) is 12.8. The van der Waals surface area contributed by atoms with Crippen LogP contribution in [0.3, 0.4) is 0 Å². The zero-order chi connectivity index (χ0) is 30.4. The lowest BCUT2D eigenvalue weighted by molar-refractivity contribution is -0.127. The minimum atomic E-state index is -3.56. The number of sulfonamides is 1. The van der Waals surface area contributed by atoms with Crippen molar-refractivity contribution in [2.24, 2.45) is 5.41 Å². The quantitative estimate of drug-likeness (QED) is 0.281. The van der Waals surface area contributed by atoms with E-state index < -0.39 is 27.6 Å². The lowest BCUT2D eigenvalue weighted by atomic mass is 9.78. The number of benzene rings is 2. The van der Waals surface area contributed by atoms with E-state index in [4.69, 9.17) is 21.1 Å². The summed E-state index contributed by atoms with van der Waals surface area (Å²) in [7, 11) is -3.56. The molecule has 2 fully saturated rings. The van der Waals surface area contributed by atoms with Gasteiger partial charge in [0.05, 0.1) is 54.2 Å². The van der Waals surface area contributed by atoms with Gasteiger partial charge in [0.25, 0.3) is 5.91 Å². The number of rotatable bonds is 9. The summed E-state index contributed by atoms with van der Waals surface area (Å²) in [5.74, 6) is -1.44. The number of nitrogens with zero attached hydrogens (tertiary/aromatic N) is 4. The molecule has 6 rings (SSSR count). The Kier molecular flexibility index (Phi) is 7.44. The van der Waals surface area contributed by atoms with Gasteiger partial charge in [0, 0.05) is 42.1 Å². The van der Waals surface area contributed by atoms with E-state index >= 15 is 0 Å². The lowest BCUT2D eigenvalue weighted by Crippen LogP contribution is -2.66. The molecule has 2 aromatic heterocycles. The van der Waals surface area contributed by atoms with Crippen molar-refractivity contribution in [3.63, 3.8) is 0 Å². The number of ether oxygens (including phenoxy) is 2. The first-order valence-corrected chi connectivity index (χ1v) is 15.3. The van der Waals surface area contributed by atoms with Gasteiger partial charge in [0.1, 0.15) is 18.2 Å². The van der Waals surface area contributed by atoms with Crippen LogP contribution in [0.4, 0.5) is 25.8 Å². The molecule has 4 heterocycles. The van der Waals surface area contributed by atoms with Gasteiger partial charge in [0.2, 0.25) is 10.0 Å². The van der Waals surface area contributed by atoms with Crippen LogP contribution in [0.1, 0.15) is 15.9 Å². The molecule has 1 spiro atoms. The summed E-state index contributed by atoms with van der Waals surface area (Å²) in [4.78, 5) is 19.7. The highest BCUT2D eigenvalue weighted by Crippen LogP contribution is 2.41.